The van der Waals surface area contributed by atoms with Crippen LogP contribution in [0.15, 0.2) is 48.5 Å². The number of benzene rings is 2. The van der Waals surface area contributed by atoms with Crippen LogP contribution in [0, 0.1) is 6.92 Å². The molecule has 0 amide bonds. The maximum Gasteiger partial charge on any atom is 0.126 e. The molecule has 1 atom stereocenters. The van der Waals surface area contributed by atoms with Crippen molar-refractivity contribution in [3.05, 3.63) is 70.2 Å². The van der Waals surface area contributed by atoms with E-state index < -0.39 is 4.33 Å². The van der Waals surface area contributed by atoms with E-state index in [4.69, 9.17) is 34.8 Å². The van der Waals surface area contributed by atoms with Crippen LogP contribution in [0.5, 0.6) is 0 Å². The molecule has 0 bridgehead atoms. The maximum atomic E-state index is 6.38. The second-order valence-corrected chi connectivity index (χ2v) is 7.05. The second kappa shape index (κ2) is 5.75. The lowest BCUT2D eigenvalue weighted by Gasteiger charge is -2.27. The zero-order valence-electron chi connectivity index (χ0n) is 10.8. The molecule has 0 saturated carbocycles. The van der Waals surface area contributed by atoms with Gasteiger partial charge in [0.05, 0.1) is 0 Å². The molecule has 0 aliphatic heterocycles. The monoisotopic (exact) mass is 312 g/mol. The third-order valence-electron chi connectivity index (χ3n) is 3.12. The summed E-state index contributed by atoms with van der Waals surface area (Å²) in [6.45, 7) is 3.87. The standard InChI is InChI=1S/C16H15Cl3/c1-11-3-5-12(6-4-11)15(16(2,18)19)13-7-9-14(17)10-8-13/h3-10,15H,1-2H3. The molecular formula is C16H15Cl3. The number of alkyl halides is 2. The van der Waals surface area contributed by atoms with Gasteiger partial charge >= 0.3 is 0 Å². The lowest BCUT2D eigenvalue weighted by Crippen LogP contribution is -2.21. The highest BCUT2D eigenvalue weighted by Crippen LogP contribution is 2.42. The van der Waals surface area contributed by atoms with E-state index in [0.717, 1.165) is 11.1 Å². The van der Waals surface area contributed by atoms with Crippen LogP contribution in [-0.4, -0.2) is 4.33 Å². The van der Waals surface area contributed by atoms with Gasteiger partial charge in [0.1, 0.15) is 4.33 Å². The molecule has 1 unspecified atom stereocenters. The molecule has 0 radical (unpaired) electrons. The average Bonchev–Trinajstić information content (AvgIpc) is 2.33. The predicted molar refractivity (Wildman–Crippen MR) is 84.6 cm³/mol. The summed E-state index contributed by atoms with van der Waals surface area (Å²) in [7, 11) is 0. The Morgan fingerprint density at radius 2 is 1.26 bits per heavy atom. The third-order valence-corrected chi connectivity index (χ3v) is 3.81. The Bertz CT molecular complexity index is 490. The molecule has 2 rings (SSSR count). The zero-order valence-corrected chi connectivity index (χ0v) is 13.1. The molecule has 19 heavy (non-hydrogen) atoms. The van der Waals surface area contributed by atoms with E-state index in [9.17, 15) is 0 Å². The Labute approximate surface area is 129 Å². The molecule has 0 fully saturated rings. The molecule has 100 valence electrons. The van der Waals surface area contributed by atoms with Crippen molar-refractivity contribution in [2.75, 3.05) is 0 Å². The summed E-state index contributed by atoms with van der Waals surface area (Å²) in [5.41, 5.74) is 3.37. The normalized spacial score (nSPS) is 13.3. The van der Waals surface area contributed by atoms with Gasteiger partial charge in [0, 0.05) is 10.9 Å². The third kappa shape index (κ3) is 3.66. The summed E-state index contributed by atoms with van der Waals surface area (Å²) in [5.74, 6) is -0.0892. The summed E-state index contributed by atoms with van der Waals surface area (Å²) >= 11 is 18.7. The lowest BCUT2D eigenvalue weighted by molar-refractivity contribution is 0.727. The maximum absolute atomic E-state index is 6.38. The number of rotatable bonds is 3. The van der Waals surface area contributed by atoms with Crippen LogP contribution in [0.4, 0.5) is 0 Å². The van der Waals surface area contributed by atoms with Crippen molar-refractivity contribution < 1.29 is 0 Å². The van der Waals surface area contributed by atoms with E-state index in [1.54, 1.807) is 0 Å². The molecule has 2 aromatic rings. The zero-order chi connectivity index (χ0) is 14.0. The minimum Gasteiger partial charge on any atom is -0.101 e. The van der Waals surface area contributed by atoms with Crippen molar-refractivity contribution in [2.45, 2.75) is 24.1 Å². The Morgan fingerprint density at radius 1 is 0.842 bits per heavy atom. The molecule has 0 nitrogen and oxygen atoms in total. The topological polar surface area (TPSA) is 0 Å². The highest BCUT2D eigenvalue weighted by molar-refractivity contribution is 6.48. The van der Waals surface area contributed by atoms with E-state index >= 15 is 0 Å². The van der Waals surface area contributed by atoms with Gasteiger partial charge < -0.3 is 0 Å². The first-order valence-corrected chi connectivity index (χ1v) is 7.21. The van der Waals surface area contributed by atoms with Crippen molar-refractivity contribution in [1.82, 2.24) is 0 Å². The first-order chi connectivity index (χ1) is 8.88. The highest BCUT2D eigenvalue weighted by Gasteiger charge is 2.32. The minimum atomic E-state index is -0.886. The van der Waals surface area contributed by atoms with Gasteiger partial charge in [-0.25, -0.2) is 0 Å². The van der Waals surface area contributed by atoms with Crippen LogP contribution < -0.4 is 0 Å². The summed E-state index contributed by atoms with van der Waals surface area (Å²) in [5, 5.41) is 0.706. The van der Waals surface area contributed by atoms with Crippen LogP contribution in [-0.2, 0) is 0 Å². The second-order valence-electron chi connectivity index (χ2n) is 4.85. The van der Waals surface area contributed by atoms with Crippen molar-refractivity contribution >= 4 is 34.8 Å². The van der Waals surface area contributed by atoms with Gasteiger partial charge in [0.15, 0.2) is 0 Å². The molecule has 3 heteroatoms. The van der Waals surface area contributed by atoms with Crippen molar-refractivity contribution in [2.24, 2.45) is 0 Å². The van der Waals surface area contributed by atoms with E-state index in [1.807, 2.05) is 31.2 Å². The molecular weight excluding hydrogens is 299 g/mol. The SMILES string of the molecule is Cc1ccc(C(c2ccc(Cl)cc2)C(C)(Cl)Cl)cc1. The number of hydrogen-bond donors (Lipinski definition) is 0. The van der Waals surface area contributed by atoms with Gasteiger partial charge in [-0.2, -0.15) is 0 Å². The fourth-order valence-electron chi connectivity index (χ4n) is 2.19. The first-order valence-electron chi connectivity index (χ1n) is 6.08. The molecule has 2 aromatic carbocycles. The molecule has 0 spiro atoms. The van der Waals surface area contributed by atoms with Crippen molar-refractivity contribution in [3.63, 3.8) is 0 Å². The van der Waals surface area contributed by atoms with Crippen LogP contribution in [0.2, 0.25) is 5.02 Å². The van der Waals surface area contributed by atoms with Gasteiger partial charge in [0.25, 0.3) is 0 Å². The van der Waals surface area contributed by atoms with Crippen molar-refractivity contribution in [1.29, 1.82) is 0 Å². The fraction of sp³-hybridized carbons (Fsp3) is 0.250. The molecule has 0 aliphatic carbocycles. The van der Waals surface area contributed by atoms with Gasteiger partial charge in [-0.15, -0.1) is 23.2 Å². The number of hydrogen-bond acceptors (Lipinski definition) is 0. The van der Waals surface area contributed by atoms with Crippen LogP contribution in [0.25, 0.3) is 0 Å². The van der Waals surface area contributed by atoms with Crippen LogP contribution in [0.1, 0.15) is 29.5 Å². The van der Waals surface area contributed by atoms with Crippen molar-refractivity contribution in [3.8, 4) is 0 Å². The largest absolute Gasteiger partial charge is 0.126 e. The van der Waals surface area contributed by atoms with Crippen LogP contribution >= 0.6 is 34.8 Å². The Kier molecular flexibility index (Phi) is 4.45. The minimum absolute atomic E-state index is 0.0892. The Morgan fingerprint density at radius 3 is 1.68 bits per heavy atom. The Balaban J connectivity index is 2.47. The molecule has 0 aromatic heterocycles. The van der Waals surface area contributed by atoms with E-state index in [0.29, 0.717) is 5.02 Å². The molecule has 0 heterocycles. The van der Waals surface area contributed by atoms with E-state index in [-0.39, 0.29) is 5.92 Å². The van der Waals surface area contributed by atoms with Gasteiger partial charge in [-0.3, -0.25) is 0 Å². The predicted octanol–water partition coefficient (Wildman–Crippen LogP) is 5.97. The van der Waals surface area contributed by atoms with E-state index in [2.05, 4.69) is 31.2 Å². The van der Waals surface area contributed by atoms with Gasteiger partial charge in [-0.1, -0.05) is 53.6 Å². The summed E-state index contributed by atoms with van der Waals surface area (Å²) in [4.78, 5) is 0. The Hall–Kier alpha value is -0.690. The molecule has 0 aliphatic rings. The quantitative estimate of drug-likeness (QED) is 0.612. The summed E-state index contributed by atoms with van der Waals surface area (Å²) in [6, 6.07) is 15.9. The van der Waals surface area contributed by atoms with E-state index in [1.165, 1.54) is 5.56 Å². The van der Waals surface area contributed by atoms with Gasteiger partial charge in [-0.05, 0) is 37.1 Å². The first kappa shape index (κ1) is 14.7. The highest BCUT2D eigenvalue weighted by atomic mass is 35.5. The summed E-state index contributed by atoms with van der Waals surface area (Å²) in [6.07, 6.45) is 0. The number of aryl methyl sites for hydroxylation is 1. The average molecular weight is 314 g/mol. The number of halogens is 3. The lowest BCUT2D eigenvalue weighted by atomic mass is 9.88. The summed E-state index contributed by atoms with van der Waals surface area (Å²) < 4.78 is -0.886. The molecule has 0 saturated heterocycles. The fourth-order valence-corrected chi connectivity index (χ4v) is 2.82. The smallest absolute Gasteiger partial charge is 0.101 e. The van der Waals surface area contributed by atoms with Crippen LogP contribution in [0.3, 0.4) is 0 Å². The van der Waals surface area contributed by atoms with Gasteiger partial charge in [0.2, 0.25) is 0 Å². The molecule has 0 N–H and O–H groups in total.